The van der Waals surface area contributed by atoms with Gasteiger partial charge in [0.1, 0.15) is 11.9 Å². The zero-order valence-electron chi connectivity index (χ0n) is 7.95. The molecule has 13 heavy (non-hydrogen) atoms. The third-order valence-electron chi connectivity index (χ3n) is 2.22. The Kier molecular flexibility index (Phi) is 1.95. The minimum Gasteiger partial charge on any atom is -0.455 e. The summed E-state index contributed by atoms with van der Waals surface area (Å²) >= 11 is 0. The molecule has 0 aliphatic carbocycles. The van der Waals surface area contributed by atoms with Crippen molar-refractivity contribution in [1.82, 2.24) is 20.1 Å². The van der Waals surface area contributed by atoms with E-state index in [0.29, 0.717) is 6.01 Å². The molecular weight excluding hydrogens is 168 g/mol. The smallest absolute Gasteiger partial charge is 0.315 e. The molecule has 1 aliphatic rings. The number of rotatable bonds is 3. The third-order valence-corrected chi connectivity index (χ3v) is 2.22. The Morgan fingerprint density at radius 2 is 2.46 bits per heavy atom. The van der Waals surface area contributed by atoms with E-state index < -0.39 is 0 Å². The normalized spacial score (nSPS) is 19.5. The number of hydrogen-bond donors (Lipinski definition) is 1. The van der Waals surface area contributed by atoms with E-state index in [1.165, 1.54) is 6.33 Å². The minimum atomic E-state index is -0.0973. The molecule has 0 atom stereocenters. The second-order valence-corrected chi connectivity index (χ2v) is 3.51. The highest BCUT2D eigenvalue weighted by molar-refractivity contribution is 5.00. The SMILES string of the molecule is CCn1ncnc1OC1(C)CNC1. The van der Waals surface area contributed by atoms with Gasteiger partial charge in [0.15, 0.2) is 0 Å². The van der Waals surface area contributed by atoms with Crippen LogP contribution >= 0.6 is 0 Å². The van der Waals surface area contributed by atoms with Gasteiger partial charge in [-0.2, -0.15) is 10.1 Å². The molecule has 0 saturated carbocycles. The summed E-state index contributed by atoms with van der Waals surface area (Å²) in [7, 11) is 0. The Hall–Kier alpha value is -1.10. The summed E-state index contributed by atoms with van der Waals surface area (Å²) < 4.78 is 7.48. The van der Waals surface area contributed by atoms with E-state index in [1.807, 2.05) is 6.92 Å². The first-order valence-electron chi connectivity index (χ1n) is 4.51. The van der Waals surface area contributed by atoms with Gasteiger partial charge < -0.3 is 10.1 Å². The Labute approximate surface area is 77.1 Å². The summed E-state index contributed by atoms with van der Waals surface area (Å²) in [5.41, 5.74) is -0.0973. The molecule has 0 unspecified atom stereocenters. The van der Waals surface area contributed by atoms with Gasteiger partial charge in [-0.25, -0.2) is 4.68 Å². The molecule has 2 heterocycles. The zero-order chi connectivity index (χ0) is 9.31. The molecule has 72 valence electrons. The maximum absolute atomic E-state index is 5.73. The molecule has 2 rings (SSSR count). The number of aromatic nitrogens is 3. The predicted octanol–water partition coefficient (Wildman–Crippen LogP) is 0.0387. The van der Waals surface area contributed by atoms with E-state index in [4.69, 9.17) is 4.74 Å². The van der Waals surface area contributed by atoms with E-state index in [2.05, 4.69) is 22.3 Å². The summed E-state index contributed by atoms with van der Waals surface area (Å²) in [5, 5.41) is 7.21. The first-order chi connectivity index (χ1) is 6.23. The number of aryl methyl sites for hydroxylation is 1. The van der Waals surface area contributed by atoms with Gasteiger partial charge in [0.05, 0.1) is 0 Å². The minimum absolute atomic E-state index is 0.0973. The largest absolute Gasteiger partial charge is 0.455 e. The van der Waals surface area contributed by atoms with Crippen molar-refractivity contribution in [3.8, 4) is 6.01 Å². The average molecular weight is 182 g/mol. The van der Waals surface area contributed by atoms with E-state index >= 15 is 0 Å². The van der Waals surface area contributed by atoms with Crippen molar-refractivity contribution in [2.45, 2.75) is 26.0 Å². The molecule has 1 saturated heterocycles. The molecule has 1 aromatic rings. The molecule has 1 N–H and O–H groups in total. The van der Waals surface area contributed by atoms with Crippen LogP contribution in [0.2, 0.25) is 0 Å². The van der Waals surface area contributed by atoms with E-state index in [9.17, 15) is 0 Å². The zero-order valence-corrected chi connectivity index (χ0v) is 7.95. The van der Waals surface area contributed by atoms with Crippen LogP contribution in [0.5, 0.6) is 6.01 Å². The number of nitrogens with one attached hydrogen (secondary N) is 1. The van der Waals surface area contributed by atoms with Crippen LogP contribution in [-0.4, -0.2) is 33.5 Å². The van der Waals surface area contributed by atoms with Crippen LogP contribution in [0, 0.1) is 0 Å². The van der Waals surface area contributed by atoms with Crippen molar-refractivity contribution in [2.75, 3.05) is 13.1 Å². The molecule has 5 nitrogen and oxygen atoms in total. The number of hydrogen-bond acceptors (Lipinski definition) is 4. The monoisotopic (exact) mass is 182 g/mol. The summed E-state index contributed by atoms with van der Waals surface area (Å²) in [6, 6.07) is 0.617. The first kappa shape index (κ1) is 8.50. The second-order valence-electron chi connectivity index (χ2n) is 3.51. The van der Waals surface area contributed by atoms with Crippen LogP contribution in [0.3, 0.4) is 0 Å². The fourth-order valence-electron chi connectivity index (χ4n) is 1.32. The van der Waals surface area contributed by atoms with Crippen molar-refractivity contribution in [3.05, 3.63) is 6.33 Å². The highest BCUT2D eigenvalue weighted by Gasteiger charge is 2.35. The molecule has 1 aliphatic heterocycles. The molecule has 1 aromatic heterocycles. The fraction of sp³-hybridized carbons (Fsp3) is 0.750. The molecular formula is C8H14N4O. The van der Waals surface area contributed by atoms with Crippen LogP contribution in [0.1, 0.15) is 13.8 Å². The Morgan fingerprint density at radius 3 is 3.00 bits per heavy atom. The lowest BCUT2D eigenvalue weighted by Crippen LogP contribution is -2.61. The third kappa shape index (κ3) is 1.51. The average Bonchev–Trinajstić information content (AvgIpc) is 2.49. The summed E-state index contributed by atoms with van der Waals surface area (Å²) in [5.74, 6) is 0. The van der Waals surface area contributed by atoms with Gasteiger partial charge in [-0.3, -0.25) is 0 Å². The quantitative estimate of drug-likeness (QED) is 0.717. The van der Waals surface area contributed by atoms with Crippen LogP contribution in [0.15, 0.2) is 6.33 Å². The predicted molar refractivity (Wildman–Crippen MR) is 47.6 cm³/mol. The fourth-order valence-corrected chi connectivity index (χ4v) is 1.32. The number of ether oxygens (including phenoxy) is 1. The van der Waals surface area contributed by atoms with Crippen LogP contribution in [0.25, 0.3) is 0 Å². The molecule has 0 amide bonds. The van der Waals surface area contributed by atoms with Gasteiger partial charge in [-0.15, -0.1) is 0 Å². The molecule has 0 aromatic carbocycles. The molecule has 0 radical (unpaired) electrons. The molecule has 5 heteroatoms. The lowest BCUT2D eigenvalue weighted by atomic mass is 10.0. The Balaban J connectivity index is 2.08. The van der Waals surface area contributed by atoms with Crippen LogP contribution < -0.4 is 10.1 Å². The van der Waals surface area contributed by atoms with Gasteiger partial charge in [-0.1, -0.05) is 0 Å². The van der Waals surface area contributed by atoms with Gasteiger partial charge >= 0.3 is 6.01 Å². The summed E-state index contributed by atoms with van der Waals surface area (Å²) in [4.78, 5) is 4.06. The highest BCUT2D eigenvalue weighted by Crippen LogP contribution is 2.18. The van der Waals surface area contributed by atoms with E-state index in [-0.39, 0.29) is 5.60 Å². The van der Waals surface area contributed by atoms with Crippen molar-refractivity contribution in [2.24, 2.45) is 0 Å². The summed E-state index contributed by atoms with van der Waals surface area (Å²) in [6.07, 6.45) is 1.52. The van der Waals surface area contributed by atoms with Crippen LogP contribution in [-0.2, 0) is 6.54 Å². The standard InChI is InChI=1S/C8H14N4O/c1-3-12-7(10-6-11-12)13-8(2)4-9-5-8/h6,9H,3-5H2,1-2H3. The topological polar surface area (TPSA) is 52.0 Å². The Bertz CT molecular complexity index is 292. The lowest BCUT2D eigenvalue weighted by molar-refractivity contribution is 0.0213. The number of nitrogens with zero attached hydrogens (tertiary/aromatic N) is 3. The maximum atomic E-state index is 5.73. The molecule has 0 bridgehead atoms. The maximum Gasteiger partial charge on any atom is 0.315 e. The van der Waals surface area contributed by atoms with E-state index in [0.717, 1.165) is 19.6 Å². The summed E-state index contributed by atoms with van der Waals surface area (Å²) in [6.45, 7) is 6.63. The van der Waals surface area contributed by atoms with Crippen molar-refractivity contribution < 1.29 is 4.74 Å². The second kappa shape index (κ2) is 2.99. The molecule has 1 fully saturated rings. The van der Waals surface area contributed by atoms with Crippen molar-refractivity contribution in [3.63, 3.8) is 0 Å². The van der Waals surface area contributed by atoms with E-state index in [1.54, 1.807) is 4.68 Å². The van der Waals surface area contributed by atoms with Gasteiger partial charge in [0.25, 0.3) is 0 Å². The first-order valence-corrected chi connectivity index (χ1v) is 4.51. The molecule has 0 spiro atoms. The van der Waals surface area contributed by atoms with Gasteiger partial charge in [-0.05, 0) is 13.8 Å². The Morgan fingerprint density at radius 1 is 1.69 bits per heavy atom. The highest BCUT2D eigenvalue weighted by atomic mass is 16.5. The van der Waals surface area contributed by atoms with Crippen molar-refractivity contribution in [1.29, 1.82) is 0 Å². The van der Waals surface area contributed by atoms with Crippen molar-refractivity contribution >= 4 is 0 Å². The van der Waals surface area contributed by atoms with Crippen LogP contribution in [0.4, 0.5) is 0 Å². The van der Waals surface area contributed by atoms with Gasteiger partial charge in [0, 0.05) is 19.6 Å². The van der Waals surface area contributed by atoms with Gasteiger partial charge in [0.2, 0.25) is 0 Å². The lowest BCUT2D eigenvalue weighted by Gasteiger charge is -2.38.